The van der Waals surface area contributed by atoms with E-state index in [-0.39, 0.29) is 11.7 Å². The molecule has 1 unspecified atom stereocenters. The molecule has 2 heterocycles. The van der Waals surface area contributed by atoms with Gasteiger partial charge in [-0.1, -0.05) is 42.8 Å². The second kappa shape index (κ2) is 8.31. The number of sulfonamides is 1. The van der Waals surface area contributed by atoms with Crippen molar-refractivity contribution in [3.05, 3.63) is 35.7 Å². The Balaban J connectivity index is 1.65. The molecule has 0 N–H and O–H groups in total. The van der Waals surface area contributed by atoms with Gasteiger partial charge in [-0.2, -0.15) is 4.98 Å². The smallest absolute Gasteiger partial charge is 0.227 e. The first-order valence-electron chi connectivity index (χ1n) is 9.36. The first kappa shape index (κ1) is 19.0. The van der Waals surface area contributed by atoms with Gasteiger partial charge in [-0.25, -0.2) is 12.7 Å². The van der Waals surface area contributed by atoms with Crippen LogP contribution in [-0.2, 0) is 16.4 Å². The van der Waals surface area contributed by atoms with Gasteiger partial charge in [0.05, 0.1) is 5.75 Å². The van der Waals surface area contributed by atoms with Crippen LogP contribution in [0.4, 0.5) is 0 Å². The molecule has 26 heavy (non-hydrogen) atoms. The van der Waals surface area contributed by atoms with E-state index >= 15 is 0 Å². The molecule has 0 bridgehead atoms. The van der Waals surface area contributed by atoms with Crippen molar-refractivity contribution < 1.29 is 12.9 Å². The molecule has 0 saturated carbocycles. The average molecular weight is 378 g/mol. The van der Waals surface area contributed by atoms with Gasteiger partial charge in [-0.05, 0) is 37.7 Å². The molecule has 0 radical (unpaired) electrons. The highest BCUT2D eigenvalue weighted by molar-refractivity contribution is 7.89. The SMILES string of the molecule is CCCCS(=O)(=O)N1CCCC(Cc2nc(-c3ccccc3C)no2)C1. The standard InChI is InChI=1S/C19H27N3O3S/c1-3-4-12-26(23,24)22-11-7-9-16(14-22)13-18-20-19(21-25-18)17-10-6-5-8-15(17)2/h5-6,8,10,16H,3-4,7,9,11-14H2,1-2H3. The summed E-state index contributed by atoms with van der Waals surface area (Å²) in [7, 11) is -3.15. The first-order chi connectivity index (χ1) is 12.5. The predicted octanol–water partition coefficient (Wildman–Crippen LogP) is 3.43. The van der Waals surface area contributed by atoms with Gasteiger partial charge in [0.15, 0.2) is 0 Å². The quantitative estimate of drug-likeness (QED) is 0.739. The fourth-order valence-corrected chi connectivity index (χ4v) is 5.18. The van der Waals surface area contributed by atoms with E-state index in [0.29, 0.717) is 37.6 Å². The van der Waals surface area contributed by atoms with E-state index in [1.165, 1.54) is 0 Å². The summed E-state index contributed by atoms with van der Waals surface area (Å²) in [5, 5.41) is 4.10. The molecular weight excluding hydrogens is 350 g/mol. The van der Waals surface area contributed by atoms with E-state index in [1.54, 1.807) is 4.31 Å². The number of aryl methyl sites for hydroxylation is 1. The van der Waals surface area contributed by atoms with E-state index in [4.69, 9.17) is 4.52 Å². The van der Waals surface area contributed by atoms with E-state index in [0.717, 1.165) is 30.4 Å². The molecule has 0 spiro atoms. The molecule has 1 atom stereocenters. The minimum atomic E-state index is -3.15. The zero-order valence-electron chi connectivity index (χ0n) is 15.5. The summed E-state index contributed by atoms with van der Waals surface area (Å²) in [6, 6.07) is 7.94. The Labute approximate surface area is 155 Å². The summed E-state index contributed by atoms with van der Waals surface area (Å²) < 4.78 is 32.0. The lowest BCUT2D eigenvalue weighted by Gasteiger charge is -2.31. The maximum Gasteiger partial charge on any atom is 0.227 e. The van der Waals surface area contributed by atoms with Gasteiger partial charge in [-0.3, -0.25) is 0 Å². The van der Waals surface area contributed by atoms with E-state index < -0.39 is 10.0 Å². The van der Waals surface area contributed by atoms with Crippen molar-refractivity contribution >= 4 is 10.0 Å². The van der Waals surface area contributed by atoms with Gasteiger partial charge < -0.3 is 4.52 Å². The molecule has 1 aliphatic rings. The molecular formula is C19H27N3O3S. The fourth-order valence-electron chi connectivity index (χ4n) is 3.42. The number of hydrogen-bond acceptors (Lipinski definition) is 5. The summed E-state index contributed by atoms with van der Waals surface area (Å²) in [6.07, 6.45) is 4.10. The third kappa shape index (κ3) is 4.51. The van der Waals surface area contributed by atoms with Crippen LogP contribution < -0.4 is 0 Å². The number of hydrogen-bond donors (Lipinski definition) is 0. The van der Waals surface area contributed by atoms with Crippen LogP contribution >= 0.6 is 0 Å². The molecule has 7 heteroatoms. The Kier molecular flexibility index (Phi) is 6.09. The molecule has 1 aromatic carbocycles. The Morgan fingerprint density at radius 2 is 2.12 bits per heavy atom. The largest absolute Gasteiger partial charge is 0.339 e. The molecule has 1 fully saturated rings. The van der Waals surface area contributed by atoms with Crippen molar-refractivity contribution in [3.63, 3.8) is 0 Å². The lowest BCUT2D eigenvalue weighted by molar-refractivity contribution is 0.247. The van der Waals surface area contributed by atoms with Crippen molar-refractivity contribution in [2.45, 2.75) is 46.0 Å². The number of unbranched alkanes of at least 4 members (excludes halogenated alkanes) is 1. The van der Waals surface area contributed by atoms with Crippen LogP contribution in [-0.4, -0.2) is 41.7 Å². The number of aromatic nitrogens is 2. The zero-order valence-corrected chi connectivity index (χ0v) is 16.3. The van der Waals surface area contributed by atoms with Gasteiger partial charge in [-0.15, -0.1) is 0 Å². The summed E-state index contributed by atoms with van der Waals surface area (Å²) in [5.74, 6) is 1.65. The average Bonchev–Trinajstić information content (AvgIpc) is 3.09. The monoisotopic (exact) mass is 377 g/mol. The van der Waals surface area contributed by atoms with Gasteiger partial charge in [0.25, 0.3) is 0 Å². The molecule has 6 nitrogen and oxygen atoms in total. The van der Waals surface area contributed by atoms with Crippen molar-refractivity contribution in [2.24, 2.45) is 5.92 Å². The van der Waals surface area contributed by atoms with Gasteiger partial charge in [0.2, 0.25) is 21.7 Å². The molecule has 1 aromatic heterocycles. The van der Waals surface area contributed by atoms with E-state index in [1.807, 2.05) is 38.1 Å². The van der Waals surface area contributed by atoms with Crippen LogP contribution in [0.25, 0.3) is 11.4 Å². The Morgan fingerprint density at radius 1 is 1.31 bits per heavy atom. The number of rotatable bonds is 7. The number of nitrogens with zero attached hydrogens (tertiary/aromatic N) is 3. The van der Waals surface area contributed by atoms with E-state index in [9.17, 15) is 8.42 Å². The van der Waals surface area contributed by atoms with Gasteiger partial charge >= 0.3 is 0 Å². The number of piperidine rings is 1. The second-order valence-corrected chi connectivity index (χ2v) is 9.16. The van der Waals surface area contributed by atoms with Crippen LogP contribution in [0.15, 0.2) is 28.8 Å². The van der Waals surface area contributed by atoms with Crippen molar-refractivity contribution in [1.82, 2.24) is 14.4 Å². The molecule has 1 aliphatic heterocycles. The van der Waals surface area contributed by atoms with Crippen molar-refractivity contribution in [2.75, 3.05) is 18.8 Å². The summed E-state index contributed by atoms with van der Waals surface area (Å²) in [6.45, 7) is 5.21. The zero-order chi connectivity index (χ0) is 18.6. The molecule has 0 amide bonds. The van der Waals surface area contributed by atoms with Crippen LogP contribution in [0.3, 0.4) is 0 Å². The minimum Gasteiger partial charge on any atom is -0.339 e. The van der Waals surface area contributed by atoms with Gasteiger partial charge in [0, 0.05) is 25.1 Å². The second-order valence-electron chi connectivity index (χ2n) is 7.07. The Bertz CT molecular complexity index is 832. The highest BCUT2D eigenvalue weighted by Crippen LogP contribution is 2.25. The molecule has 142 valence electrons. The van der Waals surface area contributed by atoms with Crippen molar-refractivity contribution in [1.29, 1.82) is 0 Å². The number of benzene rings is 1. The molecule has 2 aromatic rings. The third-order valence-electron chi connectivity index (χ3n) is 4.95. The Hall–Kier alpha value is -1.73. The third-order valence-corrected chi connectivity index (χ3v) is 6.87. The summed E-state index contributed by atoms with van der Waals surface area (Å²) in [5.41, 5.74) is 2.07. The highest BCUT2D eigenvalue weighted by atomic mass is 32.2. The van der Waals surface area contributed by atoms with Crippen LogP contribution in [0, 0.1) is 12.8 Å². The maximum absolute atomic E-state index is 12.4. The van der Waals surface area contributed by atoms with Crippen molar-refractivity contribution in [3.8, 4) is 11.4 Å². The minimum absolute atomic E-state index is 0.227. The maximum atomic E-state index is 12.4. The first-order valence-corrected chi connectivity index (χ1v) is 11.0. The molecule has 0 aliphatic carbocycles. The normalized spacial score (nSPS) is 18.9. The lowest BCUT2D eigenvalue weighted by Crippen LogP contribution is -2.41. The summed E-state index contributed by atoms with van der Waals surface area (Å²) >= 11 is 0. The topological polar surface area (TPSA) is 76.3 Å². The van der Waals surface area contributed by atoms with E-state index in [2.05, 4.69) is 10.1 Å². The van der Waals surface area contributed by atoms with Crippen LogP contribution in [0.5, 0.6) is 0 Å². The molecule has 3 rings (SSSR count). The molecule has 1 saturated heterocycles. The fraction of sp³-hybridized carbons (Fsp3) is 0.579. The van der Waals surface area contributed by atoms with Gasteiger partial charge in [0.1, 0.15) is 0 Å². The summed E-state index contributed by atoms with van der Waals surface area (Å²) in [4.78, 5) is 4.53. The Morgan fingerprint density at radius 3 is 2.88 bits per heavy atom. The lowest BCUT2D eigenvalue weighted by atomic mass is 9.96. The van der Waals surface area contributed by atoms with Crippen LogP contribution in [0.2, 0.25) is 0 Å². The highest BCUT2D eigenvalue weighted by Gasteiger charge is 2.29. The predicted molar refractivity (Wildman–Crippen MR) is 101 cm³/mol. The van der Waals surface area contributed by atoms with Crippen LogP contribution in [0.1, 0.15) is 44.1 Å².